The van der Waals surface area contributed by atoms with Gasteiger partial charge in [-0.2, -0.15) is 0 Å². The van der Waals surface area contributed by atoms with Gasteiger partial charge in [0.15, 0.2) is 0 Å². The number of rotatable bonds is 6. The van der Waals surface area contributed by atoms with Crippen LogP contribution in [0.2, 0.25) is 0 Å². The zero-order chi connectivity index (χ0) is 25.4. The van der Waals surface area contributed by atoms with Crippen molar-refractivity contribution in [2.24, 2.45) is 0 Å². The molecule has 1 heterocycles. The largest absolute Gasteiger partial charge is 0.478 e. The number of hydrogen-bond donors (Lipinski definition) is 1. The number of methoxy groups -OCH3 is 1. The lowest BCUT2D eigenvalue weighted by Gasteiger charge is -2.21. The Balaban J connectivity index is 0.000000261. The van der Waals surface area contributed by atoms with Crippen LogP contribution in [-0.4, -0.2) is 52.6 Å². The van der Waals surface area contributed by atoms with Crippen molar-refractivity contribution in [3.05, 3.63) is 107 Å². The maximum atomic E-state index is 12.8. The van der Waals surface area contributed by atoms with Crippen molar-refractivity contribution in [2.75, 3.05) is 13.7 Å². The normalized spacial score (nSPS) is 14.8. The lowest BCUT2D eigenvalue weighted by molar-refractivity contribution is -0.145. The number of aryl methyl sites for hydroxylation is 2. The molecule has 0 bridgehead atoms. The third kappa shape index (κ3) is 6.69. The zero-order valence-corrected chi connectivity index (χ0v) is 20.2. The monoisotopic (exact) mass is 474 g/mol. The van der Waals surface area contributed by atoms with Gasteiger partial charge in [0.05, 0.1) is 19.2 Å². The standard InChI is InChI=1S/C19H20N2O3.C9H10O2/c1-24-18(22)17-14-20(12-15-8-4-2-5-9-15)19(23)21(17)13-16-10-6-3-7-11-16;1-6-3-4-8(9(10)11)7(2)5-6/h2-11,17H,12-14H2,1H3;3-5H,1-2H3,(H,10,11)/t17-;/m1./s1. The molecule has 3 aromatic rings. The number of aromatic carboxylic acids is 1. The molecule has 0 unspecified atom stereocenters. The van der Waals surface area contributed by atoms with E-state index in [9.17, 15) is 14.4 Å². The van der Waals surface area contributed by atoms with Crippen molar-refractivity contribution in [2.45, 2.75) is 33.0 Å². The van der Waals surface area contributed by atoms with Crippen LogP contribution in [0.5, 0.6) is 0 Å². The van der Waals surface area contributed by atoms with Gasteiger partial charge in [-0.05, 0) is 36.6 Å². The van der Waals surface area contributed by atoms with Crippen molar-refractivity contribution in [3.63, 3.8) is 0 Å². The van der Waals surface area contributed by atoms with E-state index in [0.717, 1.165) is 22.3 Å². The van der Waals surface area contributed by atoms with Crippen LogP contribution >= 0.6 is 0 Å². The molecule has 7 nitrogen and oxygen atoms in total. The van der Waals surface area contributed by atoms with E-state index >= 15 is 0 Å². The van der Waals surface area contributed by atoms with E-state index in [1.54, 1.807) is 28.9 Å². The van der Waals surface area contributed by atoms with Gasteiger partial charge in [-0.25, -0.2) is 14.4 Å². The van der Waals surface area contributed by atoms with E-state index in [0.29, 0.717) is 25.2 Å². The molecular formula is C28H30N2O5. The van der Waals surface area contributed by atoms with Crippen LogP contribution in [-0.2, 0) is 22.6 Å². The number of carbonyl (C=O) groups excluding carboxylic acids is 2. The van der Waals surface area contributed by atoms with E-state index in [4.69, 9.17) is 9.84 Å². The summed E-state index contributed by atoms with van der Waals surface area (Å²) in [7, 11) is 1.35. The van der Waals surface area contributed by atoms with Crippen molar-refractivity contribution in [3.8, 4) is 0 Å². The highest BCUT2D eigenvalue weighted by Crippen LogP contribution is 2.22. The maximum Gasteiger partial charge on any atom is 0.335 e. The van der Waals surface area contributed by atoms with Crippen molar-refractivity contribution in [1.29, 1.82) is 0 Å². The van der Waals surface area contributed by atoms with Gasteiger partial charge in [0.1, 0.15) is 6.04 Å². The number of carboxylic acid groups (broad SMARTS) is 1. The van der Waals surface area contributed by atoms with Crippen molar-refractivity contribution < 1.29 is 24.2 Å². The zero-order valence-electron chi connectivity index (χ0n) is 20.2. The predicted molar refractivity (Wildman–Crippen MR) is 133 cm³/mol. The first-order chi connectivity index (χ1) is 16.8. The highest BCUT2D eigenvalue weighted by Gasteiger charge is 2.41. The first-order valence-corrected chi connectivity index (χ1v) is 11.3. The molecule has 1 N–H and O–H groups in total. The molecule has 35 heavy (non-hydrogen) atoms. The van der Waals surface area contributed by atoms with Crippen LogP contribution in [0.1, 0.15) is 32.6 Å². The molecule has 182 valence electrons. The summed E-state index contributed by atoms with van der Waals surface area (Å²) < 4.78 is 4.89. The summed E-state index contributed by atoms with van der Waals surface area (Å²) in [6.45, 7) is 4.96. The van der Waals surface area contributed by atoms with E-state index in [2.05, 4.69) is 0 Å². The second-order valence-corrected chi connectivity index (χ2v) is 8.42. The van der Waals surface area contributed by atoms with Crippen LogP contribution in [0.25, 0.3) is 0 Å². The number of hydrogen-bond acceptors (Lipinski definition) is 4. The van der Waals surface area contributed by atoms with Crippen LogP contribution in [0, 0.1) is 13.8 Å². The molecule has 0 aliphatic carbocycles. The van der Waals surface area contributed by atoms with E-state index in [1.807, 2.05) is 73.7 Å². The summed E-state index contributed by atoms with van der Waals surface area (Å²) in [5, 5.41) is 8.66. The minimum absolute atomic E-state index is 0.141. The van der Waals surface area contributed by atoms with Gasteiger partial charge in [-0.3, -0.25) is 0 Å². The second-order valence-electron chi connectivity index (χ2n) is 8.42. The van der Waals surface area contributed by atoms with Crippen molar-refractivity contribution >= 4 is 18.0 Å². The van der Waals surface area contributed by atoms with Crippen LogP contribution < -0.4 is 0 Å². The highest BCUT2D eigenvalue weighted by atomic mass is 16.5. The molecule has 0 radical (unpaired) electrons. The van der Waals surface area contributed by atoms with Crippen molar-refractivity contribution in [1.82, 2.24) is 9.80 Å². The first-order valence-electron chi connectivity index (χ1n) is 11.3. The van der Waals surface area contributed by atoms with E-state index < -0.39 is 12.0 Å². The molecule has 1 fully saturated rings. The minimum Gasteiger partial charge on any atom is -0.478 e. The SMILES string of the molecule is COC(=O)[C@H]1CN(Cc2ccccc2)C(=O)N1Cc1ccccc1.Cc1ccc(C(=O)O)c(C)c1. The molecule has 4 rings (SSSR count). The quantitative estimate of drug-likeness (QED) is 0.525. The summed E-state index contributed by atoms with van der Waals surface area (Å²) >= 11 is 0. The maximum absolute atomic E-state index is 12.8. The first kappa shape index (κ1) is 25.5. The summed E-state index contributed by atoms with van der Waals surface area (Å²) in [5.41, 5.74) is 4.32. The van der Waals surface area contributed by atoms with Crippen LogP contribution in [0.4, 0.5) is 4.79 Å². The van der Waals surface area contributed by atoms with Gasteiger partial charge in [0, 0.05) is 13.1 Å². The molecule has 0 spiro atoms. The summed E-state index contributed by atoms with van der Waals surface area (Å²) in [6.07, 6.45) is 0. The molecule has 2 amide bonds. The number of esters is 1. The third-order valence-corrected chi connectivity index (χ3v) is 5.78. The predicted octanol–water partition coefficient (Wildman–Crippen LogP) is 4.67. The Bertz CT molecular complexity index is 1160. The van der Waals surface area contributed by atoms with Gasteiger partial charge in [-0.1, -0.05) is 78.4 Å². The smallest absolute Gasteiger partial charge is 0.335 e. The van der Waals surface area contributed by atoms with Crippen LogP contribution in [0.15, 0.2) is 78.9 Å². The summed E-state index contributed by atoms with van der Waals surface area (Å²) in [4.78, 5) is 38.7. The molecule has 7 heteroatoms. The fourth-order valence-corrected chi connectivity index (χ4v) is 3.99. The highest BCUT2D eigenvalue weighted by molar-refractivity contribution is 5.89. The Labute approximate surface area is 205 Å². The van der Waals surface area contributed by atoms with Gasteiger partial charge in [0.25, 0.3) is 0 Å². The molecule has 1 aliphatic rings. The molecule has 0 saturated carbocycles. The number of benzene rings is 3. The Morgan fingerprint density at radius 1 is 0.914 bits per heavy atom. The van der Waals surface area contributed by atoms with E-state index in [1.165, 1.54) is 7.11 Å². The minimum atomic E-state index is -0.859. The van der Waals surface area contributed by atoms with E-state index in [-0.39, 0.29) is 12.0 Å². The molecule has 3 aromatic carbocycles. The topological polar surface area (TPSA) is 87.2 Å². The molecule has 0 aromatic heterocycles. The van der Waals surface area contributed by atoms with Crippen LogP contribution in [0.3, 0.4) is 0 Å². The molecule has 1 aliphatic heterocycles. The molecular weight excluding hydrogens is 444 g/mol. The molecule has 1 atom stereocenters. The number of amides is 2. The Morgan fingerprint density at radius 2 is 1.49 bits per heavy atom. The summed E-state index contributed by atoms with van der Waals surface area (Å²) in [5.74, 6) is -1.24. The number of carbonyl (C=O) groups is 3. The van der Waals surface area contributed by atoms with Gasteiger partial charge >= 0.3 is 18.0 Å². The van der Waals surface area contributed by atoms with Gasteiger partial charge in [0.2, 0.25) is 0 Å². The number of ether oxygens (including phenoxy) is 1. The summed E-state index contributed by atoms with van der Waals surface area (Å²) in [6, 6.07) is 24.0. The Kier molecular flexibility index (Phi) is 8.62. The fourth-order valence-electron chi connectivity index (χ4n) is 3.99. The lowest BCUT2D eigenvalue weighted by Crippen LogP contribution is -2.39. The lowest BCUT2D eigenvalue weighted by atomic mass is 10.1. The Morgan fingerprint density at radius 3 is 2.00 bits per heavy atom. The van der Waals surface area contributed by atoms with Gasteiger partial charge in [-0.15, -0.1) is 0 Å². The second kappa shape index (κ2) is 11.8. The molecule has 1 saturated heterocycles. The van der Waals surface area contributed by atoms with Gasteiger partial charge < -0.3 is 19.6 Å². The number of carboxylic acids is 1. The number of urea groups is 1. The average Bonchev–Trinajstić information content (AvgIpc) is 3.15. The fraction of sp³-hybridized carbons (Fsp3) is 0.250. The number of nitrogens with zero attached hydrogens (tertiary/aromatic N) is 2. The Hall–Kier alpha value is -4.13. The average molecular weight is 475 g/mol. The third-order valence-electron chi connectivity index (χ3n) is 5.78.